The molecular formula is C40H54N4O9S. The molecule has 13 nitrogen and oxygen atoms in total. The van der Waals surface area contributed by atoms with E-state index in [1.165, 1.54) is 4.90 Å². The first-order valence-electron chi connectivity index (χ1n) is 19.4. The molecule has 0 radical (unpaired) electrons. The first-order chi connectivity index (χ1) is 25.6. The van der Waals surface area contributed by atoms with Crippen molar-refractivity contribution < 1.29 is 41.8 Å². The molecule has 4 fully saturated rings. The third kappa shape index (κ3) is 7.52. The normalized spacial score (nSPS) is 29.5. The van der Waals surface area contributed by atoms with Gasteiger partial charge in [-0.25, -0.2) is 13.2 Å². The lowest BCUT2D eigenvalue weighted by Gasteiger charge is -2.36. The van der Waals surface area contributed by atoms with Gasteiger partial charge in [0.25, 0.3) is 5.91 Å². The number of benzene rings is 2. The fourth-order valence-corrected chi connectivity index (χ4v) is 9.88. The molecule has 294 valence electrons. The monoisotopic (exact) mass is 766 g/mol. The number of nitrogens with one attached hydrogen (secondary N) is 3. The molecule has 5 atom stereocenters. The highest BCUT2D eigenvalue weighted by Crippen LogP contribution is 2.57. The number of hydrogen-bond acceptors (Lipinski definition) is 9. The van der Waals surface area contributed by atoms with Crippen LogP contribution in [-0.4, -0.2) is 87.4 Å². The van der Waals surface area contributed by atoms with Gasteiger partial charge in [-0.1, -0.05) is 45.7 Å². The fraction of sp³-hybridized carbons (Fsp3) is 0.650. The van der Waals surface area contributed by atoms with Gasteiger partial charge in [-0.05, 0) is 109 Å². The van der Waals surface area contributed by atoms with E-state index in [9.17, 15) is 27.6 Å². The SMILES string of the molecule is COc1cc2ccc3cc2cc1CCCCCCOC(=O)N[C@@H](C(C)(C)C)C(=O)N1C[C@@]3(OC)C[C@H]1C(=O)N[C@]1(C(=O)NS(=O)(=O)C2CC2)C[C@@H]1C1CC1. The van der Waals surface area contributed by atoms with Gasteiger partial charge in [-0.2, -0.15) is 0 Å². The first kappa shape index (κ1) is 38.4. The van der Waals surface area contributed by atoms with Gasteiger partial charge in [-0.3, -0.25) is 19.1 Å². The molecule has 2 aliphatic heterocycles. The van der Waals surface area contributed by atoms with Crippen molar-refractivity contribution in [3.63, 3.8) is 0 Å². The summed E-state index contributed by atoms with van der Waals surface area (Å²) in [5.41, 5.74) is -1.48. The molecule has 0 spiro atoms. The van der Waals surface area contributed by atoms with Crippen molar-refractivity contribution in [1.82, 2.24) is 20.3 Å². The molecule has 0 aromatic heterocycles. The molecule has 3 aliphatic carbocycles. The lowest BCUT2D eigenvalue weighted by molar-refractivity contribution is -0.143. The maximum atomic E-state index is 14.8. The van der Waals surface area contributed by atoms with Crippen molar-refractivity contribution in [2.75, 3.05) is 27.4 Å². The van der Waals surface area contributed by atoms with Crippen LogP contribution < -0.4 is 20.1 Å². The number of carbonyl (C=O) groups excluding carboxylic acids is 4. The number of ether oxygens (including phenoxy) is 3. The number of rotatable bonds is 8. The molecule has 1 saturated heterocycles. The van der Waals surface area contributed by atoms with E-state index in [1.54, 1.807) is 14.2 Å². The minimum Gasteiger partial charge on any atom is -0.496 e. The Balaban J connectivity index is 1.27. The zero-order valence-electron chi connectivity index (χ0n) is 32.0. The van der Waals surface area contributed by atoms with E-state index in [1.807, 2.05) is 45.0 Å². The topological polar surface area (TPSA) is 169 Å². The van der Waals surface area contributed by atoms with Crippen molar-refractivity contribution in [1.29, 1.82) is 0 Å². The summed E-state index contributed by atoms with van der Waals surface area (Å²) in [6.45, 7) is 5.68. The second-order valence-electron chi connectivity index (χ2n) is 17.1. The van der Waals surface area contributed by atoms with Crippen molar-refractivity contribution in [2.45, 2.75) is 120 Å². The second-order valence-corrected chi connectivity index (χ2v) is 19.1. The van der Waals surface area contributed by atoms with Crippen LogP contribution in [0.25, 0.3) is 10.8 Å². The summed E-state index contributed by atoms with van der Waals surface area (Å²) < 4.78 is 45.7. The molecule has 3 saturated carbocycles. The van der Waals surface area contributed by atoms with Gasteiger partial charge in [0.2, 0.25) is 21.8 Å². The van der Waals surface area contributed by atoms with E-state index < -0.39 is 67.7 Å². The number of hydrogen-bond donors (Lipinski definition) is 3. The Morgan fingerprint density at radius 1 is 0.963 bits per heavy atom. The summed E-state index contributed by atoms with van der Waals surface area (Å²) in [5.74, 6) is -0.979. The molecule has 3 N–H and O–H groups in total. The molecule has 7 rings (SSSR count). The minimum absolute atomic E-state index is 0.0143. The summed E-state index contributed by atoms with van der Waals surface area (Å²) in [7, 11) is -0.643. The van der Waals surface area contributed by atoms with Crippen LogP contribution in [-0.2, 0) is 45.9 Å². The largest absolute Gasteiger partial charge is 0.496 e. The van der Waals surface area contributed by atoms with E-state index in [0.29, 0.717) is 25.7 Å². The molecular weight excluding hydrogens is 713 g/mol. The lowest BCUT2D eigenvalue weighted by atomic mass is 9.85. The maximum Gasteiger partial charge on any atom is 0.407 e. The van der Waals surface area contributed by atoms with Crippen LogP contribution in [0.15, 0.2) is 30.3 Å². The third-order valence-electron chi connectivity index (χ3n) is 12.2. The van der Waals surface area contributed by atoms with Gasteiger partial charge >= 0.3 is 6.09 Å². The van der Waals surface area contributed by atoms with Gasteiger partial charge in [0, 0.05) is 13.5 Å². The average Bonchev–Trinajstić information content (AvgIpc) is 4.00. The van der Waals surface area contributed by atoms with Crippen molar-refractivity contribution >= 4 is 44.6 Å². The molecule has 5 aliphatic rings. The van der Waals surface area contributed by atoms with E-state index in [2.05, 4.69) is 21.4 Å². The predicted octanol–water partition coefficient (Wildman–Crippen LogP) is 4.44. The predicted molar refractivity (Wildman–Crippen MR) is 201 cm³/mol. The molecule has 54 heavy (non-hydrogen) atoms. The Bertz CT molecular complexity index is 1940. The minimum atomic E-state index is -3.86. The Morgan fingerprint density at radius 2 is 1.70 bits per heavy atom. The van der Waals surface area contributed by atoms with Gasteiger partial charge in [0.05, 0.1) is 25.5 Å². The van der Waals surface area contributed by atoms with E-state index in [4.69, 9.17) is 14.2 Å². The highest BCUT2D eigenvalue weighted by atomic mass is 32.2. The van der Waals surface area contributed by atoms with E-state index in [0.717, 1.165) is 66.2 Å². The Morgan fingerprint density at radius 3 is 2.37 bits per heavy atom. The molecule has 14 heteroatoms. The summed E-state index contributed by atoms with van der Waals surface area (Å²) in [4.78, 5) is 57.9. The van der Waals surface area contributed by atoms with Gasteiger partial charge in [0.15, 0.2) is 0 Å². The van der Waals surface area contributed by atoms with Crippen LogP contribution in [0.2, 0.25) is 0 Å². The highest BCUT2D eigenvalue weighted by molar-refractivity contribution is 7.91. The van der Waals surface area contributed by atoms with E-state index in [-0.39, 0.29) is 31.4 Å². The van der Waals surface area contributed by atoms with Gasteiger partial charge < -0.3 is 29.7 Å². The fourth-order valence-electron chi connectivity index (χ4n) is 8.52. The number of sulfonamides is 1. The second kappa shape index (κ2) is 14.3. The van der Waals surface area contributed by atoms with Crippen LogP contribution in [0.5, 0.6) is 5.75 Å². The highest BCUT2D eigenvalue weighted by Gasteiger charge is 2.67. The smallest absolute Gasteiger partial charge is 0.407 e. The van der Waals surface area contributed by atoms with Crippen LogP contribution >= 0.6 is 0 Å². The molecule has 2 aromatic carbocycles. The molecule has 0 unspecified atom stereocenters. The van der Waals surface area contributed by atoms with Crippen LogP contribution in [0.3, 0.4) is 0 Å². The van der Waals surface area contributed by atoms with E-state index >= 15 is 0 Å². The number of fused-ring (bicyclic) bond motifs is 5. The number of carbonyl (C=O) groups is 4. The number of methoxy groups -OCH3 is 2. The molecule has 4 amide bonds. The number of aryl methyl sites for hydroxylation is 1. The summed E-state index contributed by atoms with van der Waals surface area (Å²) in [6.07, 6.45) is 6.65. The summed E-state index contributed by atoms with van der Waals surface area (Å²) >= 11 is 0. The van der Waals surface area contributed by atoms with Gasteiger partial charge in [0.1, 0.15) is 29.0 Å². The summed E-state index contributed by atoms with van der Waals surface area (Å²) in [6, 6.07) is 7.93. The number of amides is 4. The first-order valence-corrected chi connectivity index (χ1v) is 20.9. The number of nitrogens with zero attached hydrogens (tertiary/aromatic N) is 1. The number of alkyl carbamates (subject to hydrolysis) is 1. The zero-order valence-corrected chi connectivity index (χ0v) is 32.8. The Labute approximate surface area is 317 Å². The van der Waals surface area contributed by atoms with Gasteiger partial charge in [-0.15, -0.1) is 0 Å². The Kier molecular flexibility index (Phi) is 10.2. The third-order valence-corrected chi connectivity index (χ3v) is 14.0. The zero-order chi connectivity index (χ0) is 38.6. The van der Waals surface area contributed by atoms with Crippen molar-refractivity contribution in [3.8, 4) is 5.75 Å². The van der Waals surface area contributed by atoms with Crippen molar-refractivity contribution in [3.05, 3.63) is 41.5 Å². The maximum absolute atomic E-state index is 14.8. The van der Waals surface area contributed by atoms with Crippen molar-refractivity contribution in [2.24, 2.45) is 17.3 Å². The molecule has 2 heterocycles. The lowest BCUT2D eigenvalue weighted by Crippen LogP contribution is -2.60. The van der Waals surface area contributed by atoms with Crippen LogP contribution in [0.1, 0.15) is 96.1 Å². The quantitative estimate of drug-likeness (QED) is 0.352. The van der Waals surface area contributed by atoms with Crippen LogP contribution in [0, 0.1) is 17.3 Å². The average molecular weight is 767 g/mol. The van der Waals surface area contributed by atoms with Crippen LogP contribution in [0.4, 0.5) is 4.79 Å². The Hall–Kier alpha value is -3.91. The standard InChI is InChI=1S/C40H54N4O9S/c1-38(2,3)33-35(46)44-23-39(52-5,22-31(44)34(45)42-40(21-30(40)24-11-12-24)36(47)43-54(49,50)29-15-16-29)28-14-13-25-20-32(51-4)26(18-27(25)19-28)10-8-6-7-9-17-53-37(48)41-33/h13-14,18-20,24,29-31,33H,6-12,15-17,21-23H2,1-5H3,(H,41,48)(H,42,45)(H,43,47)/t30-,31+,33-,39+,40-/m1/s1. The number of cyclic esters (lactones) is 1. The molecule has 5 bridgehead atoms. The summed E-state index contributed by atoms with van der Waals surface area (Å²) in [5, 5.41) is 7.12. The molecule has 2 aromatic rings.